The van der Waals surface area contributed by atoms with Crippen LogP contribution in [0.25, 0.3) is 0 Å². The molecule has 0 aliphatic rings. The van der Waals surface area contributed by atoms with Gasteiger partial charge in [0.1, 0.15) is 0 Å². The molecule has 0 aromatic heterocycles. The summed E-state index contributed by atoms with van der Waals surface area (Å²) in [6.45, 7) is 6.42. The van der Waals surface area contributed by atoms with Crippen LogP contribution >= 0.6 is 0 Å². The van der Waals surface area contributed by atoms with Crippen molar-refractivity contribution >= 4 is 36.1 Å². The molecule has 190 valence electrons. The van der Waals surface area contributed by atoms with Gasteiger partial charge in [0, 0.05) is 0 Å². The van der Waals surface area contributed by atoms with Crippen molar-refractivity contribution in [3.8, 4) is 17.2 Å². The van der Waals surface area contributed by atoms with Crippen LogP contribution in [0.15, 0.2) is 12.1 Å². The summed E-state index contributed by atoms with van der Waals surface area (Å²) in [7, 11) is -12.7. The Morgan fingerprint density at radius 3 is 1.45 bits per heavy atom. The Balaban J connectivity index is 3.70. The van der Waals surface area contributed by atoms with Crippen LogP contribution in [0.5, 0.6) is 17.2 Å². The lowest BCUT2D eigenvalue weighted by molar-refractivity contribution is 0.101. The third-order valence-electron chi connectivity index (χ3n) is 4.34. The highest BCUT2D eigenvalue weighted by Crippen LogP contribution is 2.43. The zero-order chi connectivity index (χ0) is 25.3. The lowest BCUT2D eigenvalue weighted by Crippen LogP contribution is -2.20. The van der Waals surface area contributed by atoms with Crippen LogP contribution in [0.3, 0.4) is 0 Å². The smallest absolute Gasteiger partial charge is 0.309 e. The van der Waals surface area contributed by atoms with Crippen molar-refractivity contribution < 1.29 is 42.6 Å². The predicted molar refractivity (Wildman–Crippen MR) is 124 cm³/mol. The topological polar surface area (TPSA) is 147 Å². The van der Waals surface area contributed by atoms with E-state index in [1.807, 2.05) is 0 Å². The van der Waals surface area contributed by atoms with Gasteiger partial charge in [-0.1, -0.05) is 40.0 Å². The second kappa shape index (κ2) is 12.6. The fourth-order valence-electron chi connectivity index (χ4n) is 2.53. The summed E-state index contributed by atoms with van der Waals surface area (Å²) in [6.07, 6.45) is 2.41. The average molecular weight is 529 g/mol. The molecule has 0 bridgehead atoms. The molecule has 0 spiro atoms. The number of unbranched alkanes of at least 4 members (excludes halogenated alkanes) is 3. The van der Waals surface area contributed by atoms with E-state index in [1.54, 1.807) is 20.8 Å². The Kier molecular flexibility index (Phi) is 11.1. The van der Waals surface area contributed by atoms with E-state index in [0.29, 0.717) is 19.3 Å². The molecule has 0 amide bonds. The number of Topliss-reactive ketones (excluding diaryl/α,β-unsaturated/α-hetero) is 1. The van der Waals surface area contributed by atoms with E-state index in [9.17, 15) is 30.0 Å². The lowest BCUT2D eigenvalue weighted by Gasteiger charge is -2.18. The van der Waals surface area contributed by atoms with Crippen LogP contribution in [0.1, 0.15) is 76.6 Å². The first-order chi connectivity index (χ1) is 15.3. The van der Waals surface area contributed by atoms with Gasteiger partial charge in [-0.3, -0.25) is 4.79 Å². The molecule has 13 heteroatoms. The number of ketones is 1. The number of benzene rings is 1. The van der Waals surface area contributed by atoms with Crippen molar-refractivity contribution in [2.75, 3.05) is 17.3 Å². The van der Waals surface area contributed by atoms with E-state index in [4.69, 9.17) is 12.5 Å². The molecule has 0 N–H and O–H groups in total. The SMILES string of the molecule is CCCCS(=O)(=O)Oc1ccc(C(C)=O)c(OS(=O)(=O)CCCC)c1OS(=O)(=O)CCCC. The van der Waals surface area contributed by atoms with E-state index in [0.717, 1.165) is 19.1 Å². The Labute approximate surface area is 197 Å². The van der Waals surface area contributed by atoms with Gasteiger partial charge >= 0.3 is 30.4 Å². The van der Waals surface area contributed by atoms with Crippen molar-refractivity contribution in [1.82, 2.24) is 0 Å². The molecule has 0 heterocycles. The monoisotopic (exact) mass is 528 g/mol. The van der Waals surface area contributed by atoms with Crippen molar-refractivity contribution in [3.05, 3.63) is 17.7 Å². The number of hydrogen-bond acceptors (Lipinski definition) is 10. The van der Waals surface area contributed by atoms with E-state index in [2.05, 4.69) is 0 Å². The minimum absolute atomic E-state index is 0.241. The van der Waals surface area contributed by atoms with E-state index >= 15 is 0 Å². The van der Waals surface area contributed by atoms with Gasteiger partial charge in [0.15, 0.2) is 11.5 Å². The summed E-state index contributed by atoms with van der Waals surface area (Å²) in [5.41, 5.74) is -0.297. The van der Waals surface area contributed by atoms with Crippen molar-refractivity contribution in [3.63, 3.8) is 0 Å². The Morgan fingerprint density at radius 2 is 1.06 bits per heavy atom. The Hall–Kier alpha value is -1.86. The minimum Gasteiger partial charge on any atom is -0.378 e. The van der Waals surface area contributed by atoms with Crippen LogP contribution < -0.4 is 12.5 Å². The van der Waals surface area contributed by atoms with Crippen molar-refractivity contribution in [1.29, 1.82) is 0 Å². The molecule has 1 aromatic rings. The fraction of sp³-hybridized carbons (Fsp3) is 0.650. The zero-order valence-electron chi connectivity index (χ0n) is 19.3. The molecule has 1 aromatic carbocycles. The number of hydrogen-bond donors (Lipinski definition) is 0. The fourth-order valence-corrected chi connectivity index (χ4v) is 5.94. The van der Waals surface area contributed by atoms with Crippen molar-refractivity contribution in [2.24, 2.45) is 0 Å². The standard InChI is InChI=1S/C20H32O10S3/c1-5-8-13-31(22,23)28-18-12-11-17(16(4)21)19(29-32(24,25)14-9-6-2)20(18)30-33(26,27)15-10-7-3/h11-12H,5-10,13-15H2,1-4H3. The van der Waals surface area contributed by atoms with E-state index in [-0.39, 0.29) is 30.6 Å². The third-order valence-corrected chi connectivity index (χ3v) is 7.98. The van der Waals surface area contributed by atoms with Gasteiger partial charge in [-0.2, -0.15) is 25.3 Å². The van der Waals surface area contributed by atoms with Gasteiger partial charge in [-0.25, -0.2) is 0 Å². The highest BCUT2D eigenvalue weighted by molar-refractivity contribution is 7.87. The second-order valence-electron chi connectivity index (χ2n) is 7.42. The number of rotatable bonds is 16. The molecule has 0 radical (unpaired) electrons. The summed E-state index contributed by atoms with van der Waals surface area (Å²) in [5.74, 6) is -3.92. The molecule has 0 fully saturated rings. The van der Waals surface area contributed by atoms with Crippen LogP contribution in [-0.2, 0) is 30.4 Å². The molecule has 0 unspecified atom stereocenters. The van der Waals surface area contributed by atoms with Gasteiger partial charge < -0.3 is 12.5 Å². The first-order valence-corrected chi connectivity index (χ1v) is 15.4. The molecule has 10 nitrogen and oxygen atoms in total. The van der Waals surface area contributed by atoms with Gasteiger partial charge in [-0.05, 0) is 38.3 Å². The maximum absolute atomic E-state index is 12.5. The Bertz CT molecular complexity index is 1120. The van der Waals surface area contributed by atoms with Crippen LogP contribution in [-0.4, -0.2) is 48.3 Å². The van der Waals surface area contributed by atoms with Gasteiger partial charge in [0.05, 0.1) is 22.8 Å². The summed E-state index contributed by atoms with van der Waals surface area (Å²) in [5, 5.41) is 0. The molecule has 0 saturated carbocycles. The number of carbonyl (C=O) groups is 1. The third kappa shape index (κ3) is 9.88. The maximum Gasteiger partial charge on any atom is 0.309 e. The average Bonchev–Trinajstić information content (AvgIpc) is 2.71. The van der Waals surface area contributed by atoms with Crippen molar-refractivity contribution in [2.45, 2.75) is 66.2 Å². The van der Waals surface area contributed by atoms with Crippen LogP contribution in [0.2, 0.25) is 0 Å². The first kappa shape index (κ1) is 29.2. The van der Waals surface area contributed by atoms with Gasteiger partial charge in [0.2, 0.25) is 11.5 Å². The van der Waals surface area contributed by atoms with Gasteiger partial charge in [-0.15, -0.1) is 0 Å². The summed E-state index contributed by atoms with van der Waals surface area (Å²) >= 11 is 0. The molecule has 0 atom stereocenters. The molecule has 1 rings (SSSR count). The zero-order valence-corrected chi connectivity index (χ0v) is 21.8. The Morgan fingerprint density at radius 1 is 0.667 bits per heavy atom. The lowest BCUT2D eigenvalue weighted by atomic mass is 10.1. The summed E-state index contributed by atoms with van der Waals surface area (Å²) < 4.78 is 89.9. The first-order valence-electron chi connectivity index (χ1n) is 10.7. The maximum atomic E-state index is 12.5. The molecular weight excluding hydrogens is 496 g/mol. The van der Waals surface area contributed by atoms with Gasteiger partial charge in [0.25, 0.3) is 0 Å². The van der Waals surface area contributed by atoms with E-state index in [1.165, 1.54) is 0 Å². The normalized spacial score (nSPS) is 12.4. The van der Waals surface area contributed by atoms with Crippen LogP contribution in [0, 0.1) is 0 Å². The second-order valence-corrected chi connectivity index (χ2v) is 12.5. The summed E-state index contributed by atoms with van der Waals surface area (Å²) in [4.78, 5) is 12.2. The highest BCUT2D eigenvalue weighted by atomic mass is 32.2. The quantitative estimate of drug-likeness (QED) is 0.231. The highest BCUT2D eigenvalue weighted by Gasteiger charge is 2.30. The molecule has 0 aliphatic carbocycles. The van der Waals surface area contributed by atoms with E-state index < -0.39 is 64.9 Å². The molecular formula is C20H32O10S3. The molecule has 0 aliphatic heterocycles. The minimum atomic E-state index is -4.29. The molecule has 0 saturated heterocycles. The number of carbonyl (C=O) groups excluding carboxylic acids is 1. The largest absolute Gasteiger partial charge is 0.378 e. The predicted octanol–water partition coefficient (Wildman–Crippen LogP) is 3.42. The molecule has 33 heavy (non-hydrogen) atoms. The summed E-state index contributed by atoms with van der Waals surface area (Å²) in [6, 6.07) is 2.14. The van der Waals surface area contributed by atoms with Crippen LogP contribution in [0.4, 0.5) is 0 Å².